The van der Waals surface area contributed by atoms with Gasteiger partial charge in [-0.2, -0.15) is 0 Å². The number of carboxylic acids is 1. The summed E-state index contributed by atoms with van der Waals surface area (Å²) >= 11 is 1.48. The first-order valence-electron chi connectivity index (χ1n) is 12.1. The summed E-state index contributed by atoms with van der Waals surface area (Å²) in [5, 5.41) is 13.4. The number of hydrogen-bond acceptors (Lipinski definition) is 7. The number of aryl methyl sites for hydroxylation is 1. The first kappa shape index (κ1) is 25.3. The Morgan fingerprint density at radius 1 is 1.17 bits per heavy atom. The number of thiazole rings is 1. The second-order valence-electron chi connectivity index (χ2n) is 8.80. The molecule has 36 heavy (non-hydrogen) atoms. The van der Waals surface area contributed by atoms with Crippen LogP contribution in [-0.2, 0) is 11.2 Å². The SMILES string of the molecule is CCCC[C@H](/C=C\Cc1ccnc(Nc2nc3ccc(N(C)c4ccc(C)cc4)nc3s2)c1)C(=O)O. The first-order chi connectivity index (χ1) is 17.4. The Kier molecular flexibility index (Phi) is 8.28. The predicted molar refractivity (Wildman–Crippen MR) is 148 cm³/mol. The molecule has 0 amide bonds. The minimum absolute atomic E-state index is 0.436. The van der Waals surface area contributed by atoms with Gasteiger partial charge in [-0.25, -0.2) is 15.0 Å². The largest absolute Gasteiger partial charge is 0.481 e. The van der Waals surface area contributed by atoms with Gasteiger partial charge in [-0.05, 0) is 61.7 Å². The van der Waals surface area contributed by atoms with Gasteiger partial charge in [0, 0.05) is 18.9 Å². The Balaban J connectivity index is 1.44. The predicted octanol–water partition coefficient (Wildman–Crippen LogP) is 6.90. The number of allylic oxidation sites excluding steroid dienone is 1. The van der Waals surface area contributed by atoms with Gasteiger partial charge < -0.3 is 15.3 Å². The lowest BCUT2D eigenvalue weighted by atomic mass is 10.0. The number of carbonyl (C=O) groups is 1. The zero-order valence-electron chi connectivity index (χ0n) is 20.8. The lowest BCUT2D eigenvalue weighted by Gasteiger charge is -2.18. The summed E-state index contributed by atoms with van der Waals surface area (Å²) in [5.74, 6) is 0.341. The number of nitrogens with zero attached hydrogens (tertiary/aromatic N) is 4. The summed E-state index contributed by atoms with van der Waals surface area (Å²) in [6.07, 6.45) is 8.69. The monoisotopic (exact) mass is 501 g/mol. The number of unbranched alkanes of at least 4 members (excludes halogenated alkanes) is 1. The van der Waals surface area contributed by atoms with Gasteiger partial charge in [0.25, 0.3) is 0 Å². The number of rotatable bonds is 11. The standard InChI is InChI=1S/C28H31N5O2S/c1-4-5-8-21(27(34)35)9-6-7-20-16-17-29-24(18-20)31-28-30-23-14-15-25(32-26(23)36-28)33(3)22-12-10-19(2)11-13-22/h6,9-18,21H,4-5,7-8H2,1-3H3,(H,34,35)(H,29,30,31)/b9-6-/t21-/m1/s1. The Morgan fingerprint density at radius 3 is 2.72 bits per heavy atom. The molecule has 1 atom stereocenters. The van der Waals surface area contributed by atoms with Crippen LogP contribution in [0.25, 0.3) is 10.3 Å². The first-order valence-corrected chi connectivity index (χ1v) is 12.9. The fourth-order valence-electron chi connectivity index (χ4n) is 3.82. The van der Waals surface area contributed by atoms with Crippen molar-refractivity contribution in [1.82, 2.24) is 15.0 Å². The maximum Gasteiger partial charge on any atom is 0.310 e. The van der Waals surface area contributed by atoms with Gasteiger partial charge in [0.1, 0.15) is 22.0 Å². The van der Waals surface area contributed by atoms with Crippen molar-refractivity contribution in [2.24, 2.45) is 5.92 Å². The summed E-state index contributed by atoms with van der Waals surface area (Å²) in [6.45, 7) is 4.14. The number of aliphatic carboxylic acids is 1. The molecule has 2 N–H and O–H groups in total. The van der Waals surface area contributed by atoms with Gasteiger partial charge in [-0.3, -0.25) is 4.79 Å². The average Bonchev–Trinajstić information content (AvgIpc) is 3.27. The smallest absolute Gasteiger partial charge is 0.310 e. The van der Waals surface area contributed by atoms with Crippen LogP contribution < -0.4 is 10.2 Å². The highest BCUT2D eigenvalue weighted by Crippen LogP contribution is 2.30. The maximum atomic E-state index is 11.4. The molecular weight excluding hydrogens is 470 g/mol. The Hall–Kier alpha value is -3.78. The van der Waals surface area contributed by atoms with Crippen LogP contribution in [0.15, 0.2) is 66.9 Å². The molecule has 0 aliphatic carbocycles. The van der Waals surface area contributed by atoms with Crippen molar-refractivity contribution in [2.75, 3.05) is 17.3 Å². The van der Waals surface area contributed by atoms with Crippen molar-refractivity contribution in [1.29, 1.82) is 0 Å². The van der Waals surface area contributed by atoms with E-state index < -0.39 is 11.9 Å². The van der Waals surface area contributed by atoms with Gasteiger partial charge in [-0.15, -0.1) is 0 Å². The number of benzene rings is 1. The van der Waals surface area contributed by atoms with Crippen LogP contribution in [0, 0.1) is 12.8 Å². The molecule has 0 unspecified atom stereocenters. The second-order valence-corrected chi connectivity index (χ2v) is 9.78. The summed E-state index contributed by atoms with van der Waals surface area (Å²) in [4.78, 5) is 28.2. The van der Waals surface area contributed by atoms with Crippen LogP contribution in [-0.4, -0.2) is 33.1 Å². The lowest BCUT2D eigenvalue weighted by Crippen LogP contribution is -2.10. The second kappa shape index (κ2) is 11.8. The molecule has 1 aromatic carbocycles. The molecule has 4 aromatic rings. The van der Waals surface area contributed by atoms with E-state index in [2.05, 4.69) is 58.3 Å². The van der Waals surface area contributed by atoms with E-state index in [9.17, 15) is 9.90 Å². The molecule has 3 heterocycles. The molecule has 0 aliphatic heterocycles. The molecule has 0 saturated heterocycles. The van der Waals surface area contributed by atoms with Crippen LogP contribution in [0.2, 0.25) is 0 Å². The van der Waals surface area contributed by atoms with E-state index in [-0.39, 0.29) is 0 Å². The lowest BCUT2D eigenvalue weighted by molar-refractivity contribution is -0.140. The van der Waals surface area contributed by atoms with Crippen molar-refractivity contribution in [2.45, 2.75) is 39.5 Å². The molecule has 0 radical (unpaired) electrons. The van der Waals surface area contributed by atoms with Gasteiger partial charge >= 0.3 is 5.97 Å². The fraction of sp³-hybridized carbons (Fsp3) is 0.286. The molecule has 0 saturated carbocycles. The van der Waals surface area contributed by atoms with Gasteiger partial charge in [0.2, 0.25) is 0 Å². The number of carboxylic acid groups (broad SMARTS) is 1. The van der Waals surface area contributed by atoms with E-state index >= 15 is 0 Å². The number of pyridine rings is 2. The summed E-state index contributed by atoms with van der Waals surface area (Å²) in [7, 11) is 2.01. The van der Waals surface area contributed by atoms with Crippen LogP contribution in [0.3, 0.4) is 0 Å². The molecule has 0 aliphatic rings. The van der Waals surface area contributed by atoms with E-state index in [4.69, 9.17) is 4.98 Å². The molecule has 7 nitrogen and oxygen atoms in total. The van der Waals surface area contributed by atoms with Gasteiger partial charge in [0.15, 0.2) is 5.13 Å². The Morgan fingerprint density at radius 2 is 1.97 bits per heavy atom. The molecular formula is C28H31N5O2S. The highest BCUT2D eigenvalue weighted by Gasteiger charge is 2.13. The quantitative estimate of drug-likeness (QED) is 0.216. The average molecular weight is 502 g/mol. The van der Waals surface area contributed by atoms with E-state index in [0.29, 0.717) is 18.7 Å². The van der Waals surface area contributed by atoms with Gasteiger partial charge in [-0.1, -0.05) is 61.0 Å². The van der Waals surface area contributed by atoms with E-state index in [0.717, 1.165) is 45.4 Å². The molecule has 4 rings (SSSR count). The van der Waals surface area contributed by atoms with E-state index in [1.807, 2.05) is 37.4 Å². The Labute approximate surface area is 215 Å². The molecule has 186 valence electrons. The summed E-state index contributed by atoms with van der Waals surface area (Å²) in [5.41, 5.74) is 4.17. The molecule has 0 spiro atoms. The van der Waals surface area contributed by atoms with Crippen LogP contribution in [0.4, 0.5) is 22.5 Å². The normalized spacial score (nSPS) is 12.2. The topological polar surface area (TPSA) is 91.2 Å². The van der Waals surface area contributed by atoms with Crippen molar-refractivity contribution >= 4 is 50.1 Å². The number of hydrogen-bond donors (Lipinski definition) is 2. The molecule has 3 aromatic heterocycles. The minimum Gasteiger partial charge on any atom is -0.481 e. The number of fused-ring (bicyclic) bond motifs is 1. The van der Waals surface area contributed by atoms with E-state index in [1.165, 1.54) is 16.9 Å². The van der Waals surface area contributed by atoms with Crippen molar-refractivity contribution < 1.29 is 9.90 Å². The maximum absolute atomic E-state index is 11.4. The third-order valence-corrected chi connectivity index (χ3v) is 6.85. The third kappa shape index (κ3) is 6.46. The zero-order chi connectivity index (χ0) is 25.5. The number of aromatic nitrogens is 3. The molecule has 8 heteroatoms. The summed E-state index contributed by atoms with van der Waals surface area (Å²) < 4.78 is 0. The van der Waals surface area contributed by atoms with Crippen LogP contribution in [0.5, 0.6) is 0 Å². The molecule has 0 bridgehead atoms. The zero-order valence-corrected chi connectivity index (χ0v) is 21.6. The van der Waals surface area contributed by atoms with Crippen LogP contribution >= 0.6 is 11.3 Å². The third-order valence-electron chi connectivity index (χ3n) is 5.97. The van der Waals surface area contributed by atoms with Gasteiger partial charge in [0.05, 0.1) is 5.92 Å². The van der Waals surface area contributed by atoms with Crippen LogP contribution in [0.1, 0.15) is 37.3 Å². The highest BCUT2D eigenvalue weighted by molar-refractivity contribution is 7.21. The number of anilines is 4. The summed E-state index contributed by atoms with van der Waals surface area (Å²) in [6, 6.07) is 16.2. The minimum atomic E-state index is -0.769. The van der Waals surface area contributed by atoms with Crippen molar-refractivity contribution in [3.8, 4) is 0 Å². The van der Waals surface area contributed by atoms with Crippen molar-refractivity contribution in [3.05, 3.63) is 78.0 Å². The van der Waals surface area contributed by atoms with E-state index in [1.54, 1.807) is 12.3 Å². The highest BCUT2D eigenvalue weighted by atomic mass is 32.1. The Bertz CT molecular complexity index is 1350. The van der Waals surface area contributed by atoms with Crippen molar-refractivity contribution in [3.63, 3.8) is 0 Å². The molecule has 0 fully saturated rings. The number of nitrogens with one attached hydrogen (secondary N) is 1. The fourth-order valence-corrected chi connectivity index (χ4v) is 4.66.